The van der Waals surface area contributed by atoms with E-state index >= 15 is 0 Å². The van der Waals surface area contributed by atoms with E-state index in [1.807, 2.05) is 0 Å². The summed E-state index contributed by atoms with van der Waals surface area (Å²) < 4.78 is 0. The number of benzene rings is 10. The van der Waals surface area contributed by atoms with Crippen LogP contribution in [0.4, 0.5) is 62.6 Å². The molecule has 0 amide bonds. The molecular formula is C66H52N4. The highest BCUT2D eigenvalue weighted by atomic mass is 15.2. The highest BCUT2D eigenvalue weighted by Gasteiger charge is 2.24. The Labute approximate surface area is 411 Å². The van der Waals surface area contributed by atoms with Gasteiger partial charge in [0.05, 0.1) is 0 Å². The second kappa shape index (κ2) is 19.0. The molecule has 10 aromatic rings. The van der Waals surface area contributed by atoms with Gasteiger partial charge in [0.2, 0.25) is 0 Å². The van der Waals surface area contributed by atoms with Gasteiger partial charge in [0.25, 0.3) is 0 Å². The summed E-state index contributed by atoms with van der Waals surface area (Å²) >= 11 is 0. The molecule has 1 unspecified atom stereocenters. The number of fused-ring (bicyclic) bond motifs is 3. The van der Waals surface area contributed by atoms with Crippen LogP contribution in [0.3, 0.4) is 0 Å². The van der Waals surface area contributed by atoms with E-state index in [1.165, 1.54) is 39.2 Å². The van der Waals surface area contributed by atoms with Crippen LogP contribution in [-0.2, 0) is 0 Å². The van der Waals surface area contributed by atoms with Crippen LogP contribution in [-0.4, -0.2) is 0 Å². The van der Waals surface area contributed by atoms with E-state index in [4.69, 9.17) is 0 Å². The fourth-order valence-electron chi connectivity index (χ4n) is 10.3. The number of anilines is 11. The largest absolute Gasteiger partial charge is 0.311 e. The van der Waals surface area contributed by atoms with Crippen molar-refractivity contribution in [2.75, 3.05) is 19.6 Å². The molecule has 0 saturated carbocycles. The molecule has 336 valence electrons. The SMILES string of the molecule is C1=CC2=CC(N(c3ccccc3)c3ccc(N(c4ccc(N(c5ccccc5)c5ccc6ccccc6c5)cc4)c4ccc(N(c5ccccc5)c5ccc6ccccc6c5)cc4)cc3)=CCC2CC1. The van der Waals surface area contributed by atoms with Crippen LogP contribution in [0, 0.1) is 5.92 Å². The van der Waals surface area contributed by atoms with Gasteiger partial charge in [-0.05, 0) is 192 Å². The lowest BCUT2D eigenvalue weighted by atomic mass is 9.83. The van der Waals surface area contributed by atoms with Gasteiger partial charge in [-0.25, -0.2) is 0 Å². The quantitative estimate of drug-likeness (QED) is 0.121. The second-order valence-corrected chi connectivity index (χ2v) is 18.1. The molecule has 4 nitrogen and oxygen atoms in total. The summed E-state index contributed by atoms with van der Waals surface area (Å²) in [6, 6.07) is 89.7. The Hall–Kier alpha value is -8.86. The highest BCUT2D eigenvalue weighted by molar-refractivity contribution is 5.91. The summed E-state index contributed by atoms with van der Waals surface area (Å²) in [6.45, 7) is 0. The third kappa shape index (κ3) is 8.52. The normalized spacial score (nSPS) is 14.1. The molecule has 0 fully saturated rings. The van der Waals surface area contributed by atoms with Gasteiger partial charge in [-0.1, -0.05) is 133 Å². The number of rotatable bonds is 12. The number of allylic oxidation sites excluding steroid dienone is 5. The molecule has 0 aromatic heterocycles. The first-order chi connectivity index (χ1) is 34.7. The molecule has 70 heavy (non-hydrogen) atoms. The molecule has 0 spiro atoms. The van der Waals surface area contributed by atoms with Gasteiger partial charge in [-0.15, -0.1) is 0 Å². The van der Waals surface area contributed by atoms with Gasteiger partial charge in [-0.2, -0.15) is 0 Å². The summed E-state index contributed by atoms with van der Waals surface area (Å²) in [7, 11) is 0. The maximum absolute atomic E-state index is 2.43. The summed E-state index contributed by atoms with van der Waals surface area (Å²) in [5, 5.41) is 4.86. The fraction of sp³-hybridized carbons (Fsp3) is 0.0606. The van der Waals surface area contributed by atoms with Gasteiger partial charge in [0.1, 0.15) is 0 Å². The van der Waals surface area contributed by atoms with E-state index < -0.39 is 0 Å². The van der Waals surface area contributed by atoms with Crippen molar-refractivity contribution < 1.29 is 0 Å². The molecule has 0 aliphatic heterocycles. The number of hydrogen-bond acceptors (Lipinski definition) is 4. The highest BCUT2D eigenvalue weighted by Crippen LogP contribution is 2.44. The predicted octanol–water partition coefficient (Wildman–Crippen LogP) is 18.7. The minimum Gasteiger partial charge on any atom is -0.311 e. The minimum absolute atomic E-state index is 0.597. The van der Waals surface area contributed by atoms with E-state index in [2.05, 4.69) is 293 Å². The van der Waals surface area contributed by atoms with Gasteiger partial charge >= 0.3 is 0 Å². The van der Waals surface area contributed by atoms with E-state index in [9.17, 15) is 0 Å². The molecule has 10 aromatic carbocycles. The molecule has 12 rings (SSSR count). The zero-order valence-electron chi connectivity index (χ0n) is 39.0. The average Bonchev–Trinajstić information content (AvgIpc) is 3.43. The lowest BCUT2D eigenvalue weighted by molar-refractivity contribution is 0.562. The monoisotopic (exact) mass is 900 g/mol. The Balaban J connectivity index is 0.951. The van der Waals surface area contributed by atoms with Crippen LogP contribution >= 0.6 is 0 Å². The van der Waals surface area contributed by atoms with Crippen LogP contribution in [0.1, 0.15) is 19.3 Å². The maximum Gasteiger partial charge on any atom is 0.0468 e. The standard InChI is InChI=1S/C66H52N4/c1-4-22-55(23-5-1)68(64-31-28-49-16-10-13-19-52(49)46-64)61-40-34-58(35-41-61)67(59-36-42-62(43-37-59)69(56-24-6-2-7-25-56)65-32-29-50-17-11-14-20-53(50)47-65)60-38-44-63(45-39-60)70(57-26-8-3-9-27-57)66-33-30-51-18-12-15-21-54(51)48-66/h1-11,13-17,19-29,31-48,51H,12,18,30H2. The first-order valence-electron chi connectivity index (χ1n) is 24.4. The Kier molecular flexibility index (Phi) is 11.6. The number of para-hydroxylation sites is 3. The molecule has 4 heteroatoms. The van der Waals surface area contributed by atoms with Crippen molar-refractivity contribution in [1.29, 1.82) is 0 Å². The Morgan fingerprint density at radius 2 is 0.629 bits per heavy atom. The van der Waals surface area contributed by atoms with Crippen molar-refractivity contribution in [3.63, 3.8) is 0 Å². The minimum atomic E-state index is 0.597. The first kappa shape index (κ1) is 42.5. The lowest BCUT2D eigenvalue weighted by Crippen LogP contribution is -2.20. The summed E-state index contributed by atoms with van der Waals surface area (Å²) in [4.78, 5) is 9.45. The van der Waals surface area contributed by atoms with E-state index in [1.54, 1.807) is 0 Å². The summed E-state index contributed by atoms with van der Waals surface area (Å²) in [6.07, 6.45) is 12.9. The average molecular weight is 901 g/mol. The molecule has 0 N–H and O–H groups in total. The maximum atomic E-state index is 2.43. The smallest absolute Gasteiger partial charge is 0.0468 e. The Morgan fingerprint density at radius 3 is 1.06 bits per heavy atom. The van der Waals surface area contributed by atoms with Crippen LogP contribution < -0.4 is 19.6 Å². The van der Waals surface area contributed by atoms with E-state index in [0.29, 0.717) is 5.92 Å². The van der Waals surface area contributed by atoms with Crippen LogP contribution in [0.25, 0.3) is 21.5 Å². The van der Waals surface area contributed by atoms with Crippen LogP contribution in [0.5, 0.6) is 0 Å². The number of hydrogen-bond donors (Lipinski definition) is 0. The lowest BCUT2D eigenvalue weighted by Gasteiger charge is -2.32. The van der Waals surface area contributed by atoms with Crippen LogP contribution in [0.15, 0.2) is 284 Å². The van der Waals surface area contributed by atoms with E-state index in [-0.39, 0.29) is 0 Å². The Bertz CT molecular complexity index is 3340. The van der Waals surface area contributed by atoms with Crippen molar-refractivity contribution in [3.8, 4) is 0 Å². The molecule has 2 aliphatic rings. The summed E-state index contributed by atoms with van der Waals surface area (Å²) in [5.41, 5.74) is 14.6. The van der Waals surface area contributed by atoms with Crippen molar-refractivity contribution in [2.45, 2.75) is 19.3 Å². The van der Waals surface area contributed by atoms with Gasteiger partial charge in [0, 0.05) is 68.3 Å². The second-order valence-electron chi connectivity index (χ2n) is 18.1. The zero-order valence-corrected chi connectivity index (χ0v) is 39.0. The fourth-order valence-corrected chi connectivity index (χ4v) is 10.3. The van der Waals surface area contributed by atoms with Crippen molar-refractivity contribution in [1.82, 2.24) is 0 Å². The third-order valence-corrected chi connectivity index (χ3v) is 13.8. The van der Waals surface area contributed by atoms with Gasteiger partial charge in [0.15, 0.2) is 0 Å². The van der Waals surface area contributed by atoms with Crippen LogP contribution in [0.2, 0.25) is 0 Å². The molecular weight excluding hydrogens is 849 g/mol. The molecule has 0 saturated heterocycles. The first-order valence-corrected chi connectivity index (χ1v) is 24.4. The Morgan fingerprint density at radius 1 is 0.300 bits per heavy atom. The van der Waals surface area contributed by atoms with Gasteiger partial charge < -0.3 is 19.6 Å². The predicted molar refractivity (Wildman–Crippen MR) is 297 cm³/mol. The summed E-state index contributed by atoms with van der Waals surface area (Å²) in [5.74, 6) is 0.597. The van der Waals surface area contributed by atoms with Gasteiger partial charge in [-0.3, -0.25) is 0 Å². The molecule has 2 aliphatic carbocycles. The number of nitrogens with zero attached hydrogens (tertiary/aromatic N) is 4. The molecule has 1 atom stereocenters. The molecule has 0 bridgehead atoms. The topological polar surface area (TPSA) is 13.0 Å². The third-order valence-electron chi connectivity index (χ3n) is 13.8. The van der Waals surface area contributed by atoms with E-state index in [0.717, 1.165) is 75.4 Å². The van der Waals surface area contributed by atoms with Crippen molar-refractivity contribution >= 4 is 84.1 Å². The zero-order chi connectivity index (χ0) is 46.6. The molecule has 0 radical (unpaired) electrons. The van der Waals surface area contributed by atoms with Crippen molar-refractivity contribution in [2.24, 2.45) is 5.92 Å². The molecule has 0 heterocycles. The van der Waals surface area contributed by atoms with Crippen molar-refractivity contribution in [3.05, 3.63) is 284 Å².